The Balaban J connectivity index is 1.99. The second-order valence-electron chi connectivity index (χ2n) is 4.83. The summed E-state index contributed by atoms with van der Waals surface area (Å²) in [5.74, 6) is 0. The average Bonchev–Trinajstić information content (AvgIpc) is 2.92. The van der Waals surface area contributed by atoms with Gasteiger partial charge in [-0.2, -0.15) is 0 Å². The van der Waals surface area contributed by atoms with Crippen LogP contribution in [0, 0.1) is 0 Å². The number of halogens is 2. The van der Waals surface area contributed by atoms with Crippen LogP contribution >= 0.6 is 35.0 Å². The molecule has 0 unspecified atom stereocenters. The summed E-state index contributed by atoms with van der Waals surface area (Å²) < 4.78 is 1.91. The summed E-state index contributed by atoms with van der Waals surface area (Å²) in [5, 5.41) is 10.5. The fourth-order valence-corrected chi connectivity index (χ4v) is 3.45. The van der Waals surface area contributed by atoms with E-state index in [4.69, 9.17) is 23.2 Å². The van der Waals surface area contributed by atoms with Gasteiger partial charge in [0.25, 0.3) is 0 Å². The molecule has 0 atom stereocenters. The molecule has 112 valence electrons. The first kappa shape index (κ1) is 15.4. The highest BCUT2D eigenvalue weighted by atomic mass is 35.5. The molecule has 0 aliphatic carbocycles. The average molecular weight is 350 g/mol. The van der Waals surface area contributed by atoms with Crippen molar-refractivity contribution in [1.82, 2.24) is 14.8 Å². The molecule has 3 nitrogen and oxygen atoms in total. The van der Waals surface area contributed by atoms with Crippen LogP contribution in [0.15, 0.2) is 60.0 Å². The van der Waals surface area contributed by atoms with Crippen molar-refractivity contribution in [1.29, 1.82) is 0 Å². The Bertz CT molecular complexity index is 708. The highest BCUT2D eigenvalue weighted by Gasteiger charge is 2.18. The Hall–Kier alpha value is -1.49. The molecule has 6 heteroatoms. The maximum absolute atomic E-state index is 6.00. The SMILES string of the molecule is Cn1cnnc1SC(c1ccc(Cl)cc1)c1ccc(Cl)cc1. The van der Waals surface area contributed by atoms with E-state index in [9.17, 15) is 0 Å². The van der Waals surface area contributed by atoms with Crippen molar-refractivity contribution in [3.8, 4) is 0 Å². The van der Waals surface area contributed by atoms with Crippen LogP contribution in [0.1, 0.15) is 16.4 Å². The van der Waals surface area contributed by atoms with Gasteiger partial charge in [0.2, 0.25) is 0 Å². The highest BCUT2D eigenvalue weighted by molar-refractivity contribution is 7.99. The fourth-order valence-electron chi connectivity index (χ4n) is 2.09. The Morgan fingerprint density at radius 2 is 1.41 bits per heavy atom. The van der Waals surface area contributed by atoms with Crippen LogP contribution < -0.4 is 0 Å². The molecule has 2 aromatic carbocycles. The summed E-state index contributed by atoms with van der Waals surface area (Å²) in [4.78, 5) is 0. The lowest BCUT2D eigenvalue weighted by molar-refractivity contribution is 0.786. The molecule has 0 bridgehead atoms. The van der Waals surface area contributed by atoms with Gasteiger partial charge in [0.05, 0.1) is 5.25 Å². The number of nitrogens with zero attached hydrogens (tertiary/aromatic N) is 3. The summed E-state index contributed by atoms with van der Waals surface area (Å²) in [6.07, 6.45) is 1.70. The van der Waals surface area contributed by atoms with E-state index in [1.54, 1.807) is 18.1 Å². The molecule has 0 saturated carbocycles. The van der Waals surface area contributed by atoms with Crippen LogP contribution in [0.2, 0.25) is 10.0 Å². The van der Waals surface area contributed by atoms with Crippen molar-refractivity contribution in [3.05, 3.63) is 76.0 Å². The number of thioether (sulfide) groups is 1. The largest absolute Gasteiger partial charge is 0.312 e. The predicted octanol–water partition coefficient (Wildman–Crippen LogP) is 5.00. The monoisotopic (exact) mass is 349 g/mol. The van der Waals surface area contributed by atoms with Gasteiger partial charge in [-0.15, -0.1) is 10.2 Å². The summed E-state index contributed by atoms with van der Waals surface area (Å²) in [6.45, 7) is 0. The van der Waals surface area contributed by atoms with E-state index in [-0.39, 0.29) is 5.25 Å². The molecule has 1 aromatic heterocycles. The van der Waals surface area contributed by atoms with E-state index < -0.39 is 0 Å². The summed E-state index contributed by atoms with van der Waals surface area (Å²) in [5.41, 5.74) is 2.31. The molecule has 0 fully saturated rings. The minimum absolute atomic E-state index is 0.0948. The topological polar surface area (TPSA) is 30.7 Å². The third-order valence-electron chi connectivity index (χ3n) is 3.24. The predicted molar refractivity (Wildman–Crippen MR) is 91.6 cm³/mol. The van der Waals surface area contributed by atoms with Crippen molar-refractivity contribution in [2.45, 2.75) is 10.4 Å². The maximum Gasteiger partial charge on any atom is 0.191 e. The first-order chi connectivity index (χ1) is 10.6. The van der Waals surface area contributed by atoms with Crippen molar-refractivity contribution in [2.24, 2.45) is 7.05 Å². The van der Waals surface area contributed by atoms with Gasteiger partial charge >= 0.3 is 0 Å². The van der Waals surface area contributed by atoms with Crippen LogP contribution in [-0.4, -0.2) is 14.8 Å². The Kier molecular flexibility index (Phi) is 4.71. The van der Waals surface area contributed by atoms with Gasteiger partial charge in [0.15, 0.2) is 5.16 Å². The molecule has 0 spiro atoms. The van der Waals surface area contributed by atoms with E-state index in [0.717, 1.165) is 26.3 Å². The lowest BCUT2D eigenvalue weighted by Crippen LogP contribution is -1.99. The van der Waals surface area contributed by atoms with Crippen LogP contribution in [0.3, 0.4) is 0 Å². The third kappa shape index (κ3) is 3.46. The molecular formula is C16H13Cl2N3S. The first-order valence-corrected chi connectivity index (χ1v) is 8.28. The van der Waals surface area contributed by atoms with Crippen molar-refractivity contribution >= 4 is 35.0 Å². The standard InChI is InChI=1S/C16H13Cl2N3S/c1-21-10-19-20-16(21)22-15(11-2-6-13(17)7-3-11)12-4-8-14(18)9-5-12/h2-10,15H,1H3. The number of benzene rings is 2. The molecule has 1 heterocycles. The van der Waals surface area contributed by atoms with E-state index >= 15 is 0 Å². The van der Waals surface area contributed by atoms with Crippen LogP contribution in [0.4, 0.5) is 0 Å². The number of hydrogen-bond donors (Lipinski definition) is 0. The highest BCUT2D eigenvalue weighted by Crippen LogP contribution is 2.40. The molecule has 3 rings (SSSR count). The van der Waals surface area contributed by atoms with Gasteiger partial charge in [-0.3, -0.25) is 0 Å². The smallest absolute Gasteiger partial charge is 0.191 e. The minimum atomic E-state index is 0.0948. The van der Waals surface area contributed by atoms with Crippen molar-refractivity contribution < 1.29 is 0 Å². The van der Waals surface area contributed by atoms with Gasteiger partial charge in [0, 0.05) is 17.1 Å². The van der Waals surface area contributed by atoms with Crippen molar-refractivity contribution in [2.75, 3.05) is 0 Å². The van der Waals surface area contributed by atoms with Crippen LogP contribution in [-0.2, 0) is 7.05 Å². The van der Waals surface area contributed by atoms with E-state index in [1.165, 1.54) is 0 Å². The molecule has 0 aliphatic heterocycles. The maximum atomic E-state index is 6.00. The lowest BCUT2D eigenvalue weighted by atomic mass is 10.0. The van der Waals surface area contributed by atoms with Gasteiger partial charge in [-0.05, 0) is 35.4 Å². The Labute approximate surface area is 143 Å². The van der Waals surface area contributed by atoms with E-state index in [0.29, 0.717) is 0 Å². The molecule has 0 radical (unpaired) electrons. The fraction of sp³-hybridized carbons (Fsp3) is 0.125. The van der Waals surface area contributed by atoms with Gasteiger partial charge in [-0.25, -0.2) is 0 Å². The number of rotatable bonds is 4. The Morgan fingerprint density at radius 1 is 0.909 bits per heavy atom. The zero-order valence-corrected chi connectivity index (χ0v) is 14.1. The summed E-state index contributed by atoms with van der Waals surface area (Å²) in [7, 11) is 1.93. The minimum Gasteiger partial charge on any atom is -0.312 e. The van der Waals surface area contributed by atoms with Gasteiger partial charge in [-0.1, -0.05) is 59.2 Å². The number of hydrogen-bond acceptors (Lipinski definition) is 3. The number of aryl methyl sites for hydroxylation is 1. The van der Waals surface area contributed by atoms with Crippen molar-refractivity contribution in [3.63, 3.8) is 0 Å². The molecule has 0 amide bonds. The molecular weight excluding hydrogens is 337 g/mol. The van der Waals surface area contributed by atoms with Gasteiger partial charge in [0.1, 0.15) is 6.33 Å². The zero-order valence-electron chi connectivity index (χ0n) is 11.8. The third-order valence-corrected chi connectivity index (χ3v) is 5.10. The van der Waals surface area contributed by atoms with Crippen LogP contribution in [0.5, 0.6) is 0 Å². The molecule has 0 N–H and O–H groups in total. The molecule has 22 heavy (non-hydrogen) atoms. The molecule has 0 saturated heterocycles. The quantitative estimate of drug-likeness (QED) is 0.620. The van der Waals surface area contributed by atoms with E-state index in [1.807, 2.05) is 60.1 Å². The Morgan fingerprint density at radius 3 is 1.82 bits per heavy atom. The van der Waals surface area contributed by atoms with Gasteiger partial charge < -0.3 is 4.57 Å². The molecule has 0 aliphatic rings. The second-order valence-corrected chi connectivity index (χ2v) is 6.77. The zero-order chi connectivity index (χ0) is 15.5. The number of aromatic nitrogens is 3. The normalized spacial score (nSPS) is 11.1. The lowest BCUT2D eigenvalue weighted by Gasteiger charge is -2.17. The second kappa shape index (κ2) is 6.73. The summed E-state index contributed by atoms with van der Waals surface area (Å²) >= 11 is 13.6. The summed E-state index contributed by atoms with van der Waals surface area (Å²) in [6, 6.07) is 15.7. The van der Waals surface area contributed by atoms with Crippen LogP contribution in [0.25, 0.3) is 0 Å². The van der Waals surface area contributed by atoms with E-state index in [2.05, 4.69) is 10.2 Å². The molecule has 3 aromatic rings. The first-order valence-electron chi connectivity index (χ1n) is 6.65.